The number of piperazine rings is 1. The van der Waals surface area contributed by atoms with Gasteiger partial charge in [0.25, 0.3) is 5.56 Å². The van der Waals surface area contributed by atoms with Gasteiger partial charge in [-0.1, -0.05) is 17.7 Å². The summed E-state index contributed by atoms with van der Waals surface area (Å²) in [6.07, 6.45) is 1.31. The van der Waals surface area contributed by atoms with Crippen molar-refractivity contribution in [1.82, 2.24) is 24.9 Å². The summed E-state index contributed by atoms with van der Waals surface area (Å²) >= 11 is 8.14. The van der Waals surface area contributed by atoms with Crippen molar-refractivity contribution in [3.63, 3.8) is 0 Å². The highest BCUT2D eigenvalue weighted by molar-refractivity contribution is 8.06. The first-order valence-corrected chi connectivity index (χ1v) is 11.6. The minimum atomic E-state index is -0.368. The standard InChI is InChI=1S/C20H20ClN9OS/c21-12-2-1-3-13-15(12)20(31)30(29-6-4-24-5-7-29)19(27-13)16(14-9-32-14)28-18-11(8-22)17(23)25-10-26-18/h1-3,10,14,16,24H,4-7,9H2,(H3,23,25,26,28)/t14?,16-/m0/s1. The smallest absolute Gasteiger partial charge is 0.281 e. The predicted octanol–water partition coefficient (Wildman–Crippen LogP) is 1.10. The molecule has 1 aromatic carbocycles. The molecule has 0 spiro atoms. The van der Waals surface area contributed by atoms with Crippen LogP contribution in [0.25, 0.3) is 10.9 Å². The minimum absolute atomic E-state index is 0.102. The van der Waals surface area contributed by atoms with E-state index in [9.17, 15) is 10.1 Å². The molecule has 2 fully saturated rings. The van der Waals surface area contributed by atoms with Gasteiger partial charge in [0.2, 0.25) is 0 Å². The first-order valence-electron chi connectivity index (χ1n) is 10.1. The number of nitrogen functional groups attached to an aromatic ring is 1. The third-order valence-corrected chi connectivity index (χ3v) is 6.82. The van der Waals surface area contributed by atoms with Gasteiger partial charge in [0.1, 0.15) is 35.6 Å². The zero-order valence-electron chi connectivity index (χ0n) is 17.0. The van der Waals surface area contributed by atoms with E-state index in [0.29, 0.717) is 40.7 Å². The van der Waals surface area contributed by atoms with Crippen LogP contribution in [0.3, 0.4) is 0 Å². The summed E-state index contributed by atoms with van der Waals surface area (Å²) in [6.45, 7) is 2.81. The van der Waals surface area contributed by atoms with Gasteiger partial charge in [0.05, 0.1) is 15.9 Å². The lowest BCUT2D eigenvalue weighted by Gasteiger charge is -2.34. The van der Waals surface area contributed by atoms with Gasteiger partial charge in [-0.15, -0.1) is 0 Å². The summed E-state index contributed by atoms with van der Waals surface area (Å²) in [7, 11) is 0. The average Bonchev–Trinajstić information content (AvgIpc) is 3.63. The van der Waals surface area contributed by atoms with Crippen LogP contribution < -0.4 is 26.9 Å². The molecule has 4 N–H and O–H groups in total. The van der Waals surface area contributed by atoms with Crippen LogP contribution in [0.15, 0.2) is 29.3 Å². The van der Waals surface area contributed by atoms with Crippen LogP contribution in [0.1, 0.15) is 17.4 Å². The van der Waals surface area contributed by atoms with E-state index in [2.05, 4.69) is 26.7 Å². The number of nitrogens with one attached hydrogen (secondary N) is 2. The fraction of sp³-hybridized carbons (Fsp3) is 0.350. The maximum Gasteiger partial charge on any atom is 0.281 e. The number of benzene rings is 1. The van der Waals surface area contributed by atoms with Gasteiger partial charge in [-0.25, -0.2) is 19.6 Å². The molecule has 0 saturated carbocycles. The lowest BCUT2D eigenvalue weighted by Crippen LogP contribution is -2.54. The highest BCUT2D eigenvalue weighted by atomic mass is 35.5. The minimum Gasteiger partial charge on any atom is -0.382 e. The van der Waals surface area contributed by atoms with Crippen molar-refractivity contribution < 1.29 is 0 Å². The molecular formula is C20H20ClN9OS. The lowest BCUT2D eigenvalue weighted by atomic mass is 10.1. The summed E-state index contributed by atoms with van der Waals surface area (Å²) in [4.78, 5) is 26.7. The fourth-order valence-corrected chi connectivity index (χ4v) is 4.80. The van der Waals surface area contributed by atoms with Gasteiger partial charge in [-0.3, -0.25) is 4.79 Å². The molecule has 0 amide bonds. The summed E-state index contributed by atoms with van der Waals surface area (Å²) in [5.41, 5.74) is 6.37. The molecule has 10 nitrogen and oxygen atoms in total. The van der Waals surface area contributed by atoms with Gasteiger partial charge >= 0.3 is 0 Å². The van der Waals surface area contributed by atoms with Crippen LogP contribution in [0.2, 0.25) is 5.02 Å². The van der Waals surface area contributed by atoms with Gasteiger partial charge in [-0.05, 0) is 12.1 Å². The second-order valence-electron chi connectivity index (χ2n) is 7.51. The quantitative estimate of drug-likeness (QED) is 0.465. The first-order chi connectivity index (χ1) is 15.6. The van der Waals surface area contributed by atoms with Crippen LogP contribution in [0.5, 0.6) is 0 Å². The number of aromatic nitrogens is 4. The fourth-order valence-electron chi connectivity index (χ4n) is 3.86. The molecule has 0 radical (unpaired) electrons. The Morgan fingerprint density at radius 1 is 1.34 bits per heavy atom. The number of nitriles is 1. The topological polar surface area (TPSA) is 138 Å². The van der Waals surface area contributed by atoms with E-state index < -0.39 is 0 Å². The van der Waals surface area contributed by atoms with Crippen molar-refractivity contribution >= 4 is 45.9 Å². The number of nitrogens with two attached hydrogens (primary N) is 1. The van der Waals surface area contributed by atoms with Crippen molar-refractivity contribution in [3.05, 3.63) is 51.3 Å². The van der Waals surface area contributed by atoms with Crippen molar-refractivity contribution in [2.24, 2.45) is 0 Å². The molecule has 2 atom stereocenters. The predicted molar refractivity (Wildman–Crippen MR) is 126 cm³/mol. The second-order valence-corrected chi connectivity index (χ2v) is 9.19. The Balaban J connectivity index is 1.69. The molecule has 2 aliphatic heterocycles. The summed E-state index contributed by atoms with van der Waals surface area (Å²) in [6, 6.07) is 6.96. The third-order valence-electron chi connectivity index (χ3n) is 5.52. The lowest BCUT2D eigenvalue weighted by molar-refractivity contribution is 0.459. The Morgan fingerprint density at radius 3 is 2.84 bits per heavy atom. The van der Waals surface area contributed by atoms with E-state index in [1.165, 1.54) is 6.33 Å². The number of fused-ring (bicyclic) bond motifs is 1. The molecular weight excluding hydrogens is 450 g/mol. The molecule has 2 aliphatic rings. The van der Waals surface area contributed by atoms with E-state index >= 15 is 0 Å². The van der Waals surface area contributed by atoms with E-state index in [1.54, 1.807) is 34.6 Å². The highest BCUT2D eigenvalue weighted by Gasteiger charge is 2.38. The van der Waals surface area contributed by atoms with Crippen LogP contribution in [-0.2, 0) is 0 Å². The molecule has 3 aromatic rings. The number of anilines is 2. The van der Waals surface area contributed by atoms with Crippen LogP contribution in [0, 0.1) is 11.3 Å². The van der Waals surface area contributed by atoms with Gasteiger partial charge in [-0.2, -0.15) is 17.0 Å². The van der Waals surface area contributed by atoms with Crippen molar-refractivity contribution in [2.75, 3.05) is 48.0 Å². The Hall–Kier alpha value is -3.07. The summed E-state index contributed by atoms with van der Waals surface area (Å²) in [5, 5.41) is 19.1. The van der Waals surface area contributed by atoms with Gasteiger partial charge in [0.15, 0.2) is 5.82 Å². The highest BCUT2D eigenvalue weighted by Crippen LogP contribution is 2.42. The monoisotopic (exact) mass is 469 g/mol. The molecule has 1 unspecified atom stereocenters. The van der Waals surface area contributed by atoms with E-state index in [-0.39, 0.29) is 28.2 Å². The number of hydrogen-bond donors (Lipinski definition) is 3. The largest absolute Gasteiger partial charge is 0.382 e. The maximum absolute atomic E-state index is 13.7. The number of halogens is 1. The Labute approximate surface area is 192 Å². The Bertz CT molecular complexity index is 1280. The van der Waals surface area contributed by atoms with Gasteiger partial charge < -0.3 is 21.4 Å². The van der Waals surface area contributed by atoms with Gasteiger partial charge in [0, 0.05) is 37.2 Å². The zero-order valence-corrected chi connectivity index (χ0v) is 18.5. The molecule has 2 saturated heterocycles. The van der Waals surface area contributed by atoms with Crippen LogP contribution >= 0.6 is 23.4 Å². The molecule has 12 heteroatoms. The summed E-state index contributed by atoms with van der Waals surface area (Å²) < 4.78 is 1.64. The Kier molecular flexibility index (Phi) is 5.50. The zero-order chi connectivity index (χ0) is 22.2. The van der Waals surface area contributed by atoms with E-state index in [0.717, 1.165) is 18.8 Å². The van der Waals surface area contributed by atoms with Crippen molar-refractivity contribution in [3.8, 4) is 6.07 Å². The Morgan fingerprint density at radius 2 is 2.12 bits per heavy atom. The number of rotatable bonds is 5. The molecule has 0 aliphatic carbocycles. The van der Waals surface area contributed by atoms with E-state index in [1.807, 2.05) is 5.01 Å². The normalized spacial score (nSPS) is 18.9. The third kappa shape index (κ3) is 3.70. The van der Waals surface area contributed by atoms with E-state index in [4.69, 9.17) is 22.3 Å². The number of nitrogens with zero attached hydrogens (tertiary/aromatic N) is 6. The molecule has 0 bridgehead atoms. The summed E-state index contributed by atoms with van der Waals surface area (Å²) in [5.74, 6) is 1.88. The van der Waals surface area contributed by atoms with Crippen LogP contribution in [0.4, 0.5) is 11.6 Å². The molecule has 164 valence electrons. The molecule has 5 rings (SSSR count). The second kappa shape index (κ2) is 8.46. The molecule has 32 heavy (non-hydrogen) atoms. The SMILES string of the molecule is N#Cc1c(N)ncnc1N[C@H](c1nc2cccc(Cl)c2c(=O)n1N1CCNCC1)C1CS1. The van der Waals surface area contributed by atoms with Crippen molar-refractivity contribution in [1.29, 1.82) is 5.26 Å². The number of thioether (sulfide) groups is 1. The molecule has 4 heterocycles. The molecule has 2 aromatic heterocycles. The maximum atomic E-state index is 13.7. The average molecular weight is 470 g/mol. The van der Waals surface area contributed by atoms with Crippen molar-refractivity contribution in [2.45, 2.75) is 11.3 Å². The van der Waals surface area contributed by atoms with Crippen LogP contribution in [-0.4, -0.2) is 56.8 Å². The first kappa shape index (κ1) is 20.8. The number of hydrogen-bond acceptors (Lipinski definition) is 10.